The molecular formula is C24H28FN5O3. The molecule has 1 aromatic carbocycles. The number of hydrogen-bond donors (Lipinski definition) is 4. The average Bonchev–Trinajstić information content (AvgIpc) is 3.11. The van der Waals surface area contributed by atoms with E-state index in [1.165, 1.54) is 6.07 Å². The first-order valence-corrected chi connectivity index (χ1v) is 10.6. The van der Waals surface area contributed by atoms with E-state index in [2.05, 4.69) is 25.9 Å². The Hall–Kier alpha value is -3.75. The van der Waals surface area contributed by atoms with Gasteiger partial charge in [-0.25, -0.2) is 9.18 Å². The van der Waals surface area contributed by atoms with Crippen molar-refractivity contribution in [3.05, 3.63) is 69.8 Å². The molecule has 0 spiro atoms. The summed E-state index contributed by atoms with van der Waals surface area (Å²) in [5.41, 5.74) is 4.89. The van der Waals surface area contributed by atoms with Crippen molar-refractivity contribution in [2.24, 2.45) is 9.98 Å². The third-order valence-electron chi connectivity index (χ3n) is 5.37. The van der Waals surface area contributed by atoms with E-state index in [9.17, 15) is 14.0 Å². The van der Waals surface area contributed by atoms with Crippen LogP contribution in [0.2, 0.25) is 0 Å². The van der Waals surface area contributed by atoms with Gasteiger partial charge in [0, 0.05) is 18.7 Å². The van der Waals surface area contributed by atoms with Crippen LogP contribution >= 0.6 is 0 Å². The number of fused-ring (bicyclic) bond motifs is 1. The van der Waals surface area contributed by atoms with Crippen LogP contribution in [0.25, 0.3) is 0 Å². The Balaban J connectivity index is 1.67. The second-order valence-corrected chi connectivity index (χ2v) is 8.07. The predicted molar refractivity (Wildman–Crippen MR) is 125 cm³/mol. The summed E-state index contributed by atoms with van der Waals surface area (Å²) in [6.45, 7) is 8.05. The quantitative estimate of drug-likeness (QED) is 0.356. The van der Waals surface area contributed by atoms with E-state index < -0.39 is 5.97 Å². The highest BCUT2D eigenvalue weighted by atomic mass is 19.1. The van der Waals surface area contributed by atoms with Crippen molar-refractivity contribution in [3.63, 3.8) is 0 Å². The van der Waals surface area contributed by atoms with Gasteiger partial charge in [0.25, 0.3) is 5.91 Å². The van der Waals surface area contributed by atoms with Crippen LogP contribution in [0.15, 0.2) is 62.9 Å². The van der Waals surface area contributed by atoms with E-state index in [1.807, 2.05) is 13.8 Å². The summed E-state index contributed by atoms with van der Waals surface area (Å²) >= 11 is 0. The molecule has 0 aromatic heterocycles. The van der Waals surface area contributed by atoms with Crippen LogP contribution in [0.1, 0.15) is 31.9 Å². The van der Waals surface area contributed by atoms with Gasteiger partial charge in [0.05, 0.1) is 17.4 Å². The molecule has 33 heavy (non-hydrogen) atoms. The van der Waals surface area contributed by atoms with Gasteiger partial charge >= 0.3 is 5.97 Å². The largest absolute Gasteiger partial charge is 0.478 e. The zero-order valence-electron chi connectivity index (χ0n) is 19.1. The monoisotopic (exact) mass is 453 g/mol. The van der Waals surface area contributed by atoms with Crippen molar-refractivity contribution in [2.45, 2.75) is 40.3 Å². The Kier molecular flexibility index (Phi) is 7.42. The number of carbonyl (C=O) groups excluding carboxylic acids is 1. The first-order valence-electron chi connectivity index (χ1n) is 10.6. The molecule has 0 fully saturated rings. The van der Waals surface area contributed by atoms with Crippen LogP contribution in [0.5, 0.6) is 0 Å². The third kappa shape index (κ3) is 5.74. The molecule has 174 valence electrons. The Bertz CT molecular complexity index is 1130. The number of nitrogens with one attached hydrogen (secondary N) is 3. The number of rotatable bonds is 8. The molecule has 2 aliphatic rings. The molecule has 2 heterocycles. The lowest BCUT2D eigenvalue weighted by atomic mass is 10.1. The number of benzene rings is 1. The van der Waals surface area contributed by atoms with Crippen LogP contribution < -0.4 is 16.0 Å². The molecule has 1 amide bonds. The lowest BCUT2D eigenvalue weighted by Crippen LogP contribution is -2.42. The first kappa shape index (κ1) is 23.9. The number of amides is 1. The predicted octanol–water partition coefficient (Wildman–Crippen LogP) is 2.37. The molecule has 0 saturated carbocycles. The van der Waals surface area contributed by atoms with E-state index in [0.717, 1.165) is 22.5 Å². The van der Waals surface area contributed by atoms with Gasteiger partial charge in [0.15, 0.2) is 5.71 Å². The molecule has 8 nitrogen and oxygen atoms in total. The average molecular weight is 454 g/mol. The molecule has 0 radical (unpaired) electrons. The first-order chi connectivity index (χ1) is 15.7. The summed E-state index contributed by atoms with van der Waals surface area (Å²) < 4.78 is 13.5. The maximum Gasteiger partial charge on any atom is 0.331 e. The minimum absolute atomic E-state index is 0.192. The highest BCUT2D eigenvalue weighted by Gasteiger charge is 2.33. The summed E-state index contributed by atoms with van der Waals surface area (Å²) in [4.78, 5) is 32.7. The maximum atomic E-state index is 13.5. The molecule has 0 saturated heterocycles. The van der Waals surface area contributed by atoms with Gasteiger partial charge in [0.2, 0.25) is 0 Å². The topological polar surface area (TPSA) is 115 Å². The zero-order valence-corrected chi connectivity index (χ0v) is 19.1. The second kappa shape index (κ2) is 10.2. The van der Waals surface area contributed by atoms with Gasteiger partial charge in [-0.15, -0.1) is 0 Å². The van der Waals surface area contributed by atoms with Crippen LogP contribution in [0.3, 0.4) is 0 Å². The van der Waals surface area contributed by atoms with Crippen molar-refractivity contribution < 1.29 is 19.1 Å². The summed E-state index contributed by atoms with van der Waals surface area (Å²) in [6, 6.07) is 4.53. The maximum absolute atomic E-state index is 13.5. The van der Waals surface area contributed by atoms with Crippen LogP contribution in [-0.2, 0) is 16.1 Å². The smallest absolute Gasteiger partial charge is 0.331 e. The Morgan fingerprint density at radius 3 is 2.76 bits per heavy atom. The van der Waals surface area contributed by atoms with Crippen molar-refractivity contribution in [3.8, 4) is 0 Å². The molecule has 4 N–H and O–H groups in total. The normalized spacial score (nSPS) is 18.3. The highest BCUT2D eigenvalue weighted by Crippen LogP contribution is 2.21. The molecule has 1 aromatic rings. The lowest BCUT2D eigenvalue weighted by molar-refractivity contribution is -0.132. The number of carbonyl (C=O) groups is 2. The molecule has 3 rings (SSSR count). The van der Waals surface area contributed by atoms with Gasteiger partial charge in [-0.3, -0.25) is 14.8 Å². The summed E-state index contributed by atoms with van der Waals surface area (Å²) in [5.74, 6) is -1.57. The summed E-state index contributed by atoms with van der Waals surface area (Å²) in [7, 11) is 0. The van der Waals surface area contributed by atoms with E-state index in [1.54, 1.807) is 38.1 Å². The molecule has 1 unspecified atom stereocenters. The number of halogens is 1. The number of nitrogens with zero attached hydrogens (tertiary/aromatic N) is 2. The molecular weight excluding hydrogens is 425 g/mol. The summed E-state index contributed by atoms with van der Waals surface area (Å²) in [5, 5.41) is 18.3. The van der Waals surface area contributed by atoms with Crippen molar-refractivity contribution in [1.29, 1.82) is 0 Å². The number of aryl methyl sites for hydroxylation is 1. The number of carboxylic acids is 1. The van der Waals surface area contributed by atoms with E-state index in [4.69, 9.17) is 5.11 Å². The van der Waals surface area contributed by atoms with Gasteiger partial charge in [-0.05, 0) is 44.9 Å². The molecule has 1 atom stereocenters. The van der Waals surface area contributed by atoms with E-state index in [0.29, 0.717) is 17.8 Å². The molecule has 0 aliphatic carbocycles. The van der Waals surface area contributed by atoms with Crippen molar-refractivity contribution in [2.75, 3.05) is 13.2 Å². The van der Waals surface area contributed by atoms with Crippen LogP contribution in [-0.4, -0.2) is 47.7 Å². The summed E-state index contributed by atoms with van der Waals surface area (Å²) in [6.07, 6.45) is 3.32. The molecule has 2 aliphatic heterocycles. The van der Waals surface area contributed by atoms with Gasteiger partial charge in [-0.1, -0.05) is 29.9 Å². The number of hydrogen-bond acceptors (Lipinski definition) is 6. The van der Waals surface area contributed by atoms with E-state index in [-0.39, 0.29) is 42.3 Å². The number of carboxylic acid groups (broad SMARTS) is 1. The van der Waals surface area contributed by atoms with Crippen LogP contribution in [0, 0.1) is 12.7 Å². The fourth-order valence-electron chi connectivity index (χ4n) is 3.42. The molecule has 9 heteroatoms. The van der Waals surface area contributed by atoms with Crippen molar-refractivity contribution in [1.82, 2.24) is 16.0 Å². The Morgan fingerprint density at radius 1 is 1.30 bits per heavy atom. The number of aliphatic carboxylic acids is 1. The van der Waals surface area contributed by atoms with Gasteiger partial charge in [0.1, 0.15) is 18.2 Å². The fourth-order valence-corrected chi connectivity index (χ4v) is 3.42. The number of allylic oxidation sites excluding steroid dienone is 3. The zero-order chi connectivity index (χ0) is 24.1. The molecule has 0 bridgehead atoms. The van der Waals surface area contributed by atoms with Crippen molar-refractivity contribution >= 4 is 23.3 Å². The standard InChI is InChI=1S/C24H28FN5O3/c1-13(5-6-14(2)24(32)33)10-26-19-16(4)30-21-20(19)28-12-29-22(21)23(31)27-11-17-7-8-18(25)15(3)9-17/h5-9,16,26,28H,10-12H2,1-4H3,(H,27,31)(H,32,33)/b13-5+,14-6+. The van der Waals surface area contributed by atoms with Gasteiger partial charge < -0.3 is 21.1 Å². The fraction of sp³-hybridized carbons (Fsp3) is 0.333. The third-order valence-corrected chi connectivity index (χ3v) is 5.37. The minimum atomic E-state index is -0.953. The SMILES string of the molecule is C/C(=C\C=C(/C)C(=O)O)CNC1=C2NCN=C(C(=O)NCc3ccc(F)c(C)c3)C2=NC1C. The minimum Gasteiger partial charge on any atom is -0.478 e. The van der Waals surface area contributed by atoms with E-state index >= 15 is 0 Å². The Labute approximate surface area is 192 Å². The Morgan fingerprint density at radius 2 is 2.06 bits per heavy atom. The highest BCUT2D eigenvalue weighted by molar-refractivity contribution is 6.70. The van der Waals surface area contributed by atoms with Gasteiger partial charge in [-0.2, -0.15) is 0 Å². The second-order valence-electron chi connectivity index (χ2n) is 8.07. The lowest BCUT2D eigenvalue weighted by Gasteiger charge is -2.19. The number of aliphatic imine (C=N–C) groups is 2. The van der Waals surface area contributed by atoms with Crippen LogP contribution in [0.4, 0.5) is 4.39 Å².